The van der Waals surface area contributed by atoms with Crippen molar-refractivity contribution in [1.82, 2.24) is 9.80 Å². The molecule has 256 valence electrons. The molecule has 2 fully saturated rings. The van der Waals surface area contributed by atoms with E-state index in [9.17, 15) is 9.59 Å². The fourth-order valence-corrected chi connectivity index (χ4v) is 8.39. The van der Waals surface area contributed by atoms with Crippen molar-refractivity contribution in [2.24, 2.45) is 23.3 Å². The fourth-order valence-electron chi connectivity index (χ4n) is 8.39. The molecule has 4 N–H and O–H groups in total. The van der Waals surface area contributed by atoms with E-state index in [4.69, 9.17) is 20.9 Å². The first-order chi connectivity index (χ1) is 24.0. The quantitative estimate of drug-likeness (QED) is 0.135. The Morgan fingerprint density at radius 2 is 0.857 bits per heavy atom. The molecule has 49 heavy (non-hydrogen) atoms. The molecule has 2 aliphatic heterocycles. The Labute approximate surface area is 290 Å². The highest BCUT2D eigenvalue weighted by Gasteiger charge is 2.50. The van der Waals surface area contributed by atoms with Crippen molar-refractivity contribution < 1.29 is 19.1 Å². The molecule has 8 nitrogen and oxygen atoms in total. The fraction of sp³-hybridized carbons (Fsp3) is 0.366. The van der Waals surface area contributed by atoms with Gasteiger partial charge in [-0.2, -0.15) is 0 Å². The number of nitrogens with two attached hydrogens (primary N) is 2. The van der Waals surface area contributed by atoms with E-state index in [0.717, 1.165) is 74.4 Å². The maximum atomic E-state index is 13.3. The molecule has 8 heteroatoms. The van der Waals surface area contributed by atoms with Crippen molar-refractivity contribution in [1.29, 1.82) is 0 Å². The van der Waals surface area contributed by atoms with Gasteiger partial charge in [0.2, 0.25) is 11.8 Å². The van der Waals surface area contributed by atoms with Crippen molar-refractivity contribution in [2.75, 3.05) is 59.3 Å². The molecule has 2 amide bonds. The van der Waals surface area contributed by atoms with E-state index < -0.39 is 10.8 Å². The Bertz CT molecular complexity index is 1440. The van der Waals surface area contributed by atoms with Gasteiger partial charge in [-0.05, 0) is 60.0 Å². The van der Waals surface area contributed by atoms with Gasteiger partial charge >= 0.3 is 0 Å². The first-order valence-electron chi connectivity index (χ1n) is 17.4. The number of amides is 2. The maximum Gasteiger partial charge on any atom is 0.232 e. The van der Waals surface area contributed by atoms with Crippen molar-refractivity contribution in [2.45, 2.75) is 23.7 Å². The molecule has 0 bridgehead atoms. The van der Waals surface area contributed by atoms with Crippen molar-refractivity contribution in [3.63, 3.8) is 0 Å². The van der Waals surface area contributed by atoms with Crippen LogP contribution < -0.4 is 11.5 Å². The third kappa shape index (κ3) is 7.05. The van der Waals surface area contributed by atoms with E-state index in [1.54, 1.807) is 0 Å². The molecule has 4 aromatic carbocycles. The highest BCUT2D eigenvalue weighted by Crippen LogP contribution is 2.45. The van der Waals surface area contributed by atoms with Gasteiger partial charge in [-0.15, -0.1) is 0 Å². The average Bonchev–Trinajstić information content (AvgIpc) is 3.81. The topological polar surface area (TPSA) is 111 Å². The second kappa shape index (κ2) is 15.9. The van der Waals surface area contributed by atoms with E-state index in [1.807, 2.05) is 121 Å². The van der Waals surface area contributed by atoms with E-state index >= 15 is 0 Å². The van der Waals surface area contributed by atoms with Crippen LogP contribution in [0, 0.1) is 11.8 Å². The number of primary amides is 2. The summed E-state index contributed by atoms with van der Waals surface area (Å²) >= 11 is 0. The Morgan fingerprint density at radius 3 is 1.14 bits per heavy atom. The van der Waals surface area contributed by atoms with Gasteiger partial charge in [-0.3, -0.25) is 9.59 Å². The third-order valence-electron chi connectivity index (χ3n) is 10.7. The van der Waals surface area contributed by atoms with Gasteiger partial charge < -0.3 is 30.7 Å². The van der Waals surface area contributed by atoms with Gasteiger partial charge in [0, 0.05) is 26.2 Å². The lowest BCUT2D eigenvalue weighted by Crippen LogP contribution is -2.49. The normalized spacial score (nSPS) is 18.9. The third-order valence-corrected chi connectivity index (χ3v) is 10.7. The van der Waals surface area contributed by atoms with Crippen molar-refractivity contribution in [3.05, 3.63) is 144 Å². The van der Waals surface area contributed by atoms with Crippen molar-refractivity contribution in [3.8, 4) is 0 Å². The van der Waals surface area contributed by atoms with Gasteiger partial charge in [0.15, 0.2) is 0 Å². The number of nitrogens with zero attached hydrogens (tertiary/aromatic N) is 2. The molecule has 2 aliphatic rings. The van der Waals surface area contributed by atoms with E-state index in [1.165, 1.54) is 0 Å². The largest absolute Gasteiger partial charge is 0.369 e. The summed E-state index contributed by atoms with van der Waals surface area (Å²) in [7, 11) is 0. The first kappa shape index (κ1) is 34.5. The van der Waals surface area contributed by atoms with Crippen LogP contribution in [0.15, 0.2) is 121 Å². The van der Waals surface area contributed by atoms with Gasteiger partial charge in [0.05, 0.1) is 13.2 Å². The summed E-state index contributed by atoms with van der Waals surface area (Å²) in [5.41, 5.74) is 14.5. The van der Waals surface area contributed by atoms with Crippen LogP contribution in [0.3, 0.4) is 0 Å². The monoisotopic (exact) mass is 660 g/mol. The summed E-state index contributed by atoms with van der Waals surface area (Å²) in [5.74, 6) is -0.530. The molecule has 0 radical (unpaired) electrons. The van der Waals surface area contributed by atoms with Gasteiger partial charge in [0.1, 0.15) is 17.6 Å². The van der Waals surface area contributed by atoms with E-state index in [2.05, 4.69) is 9.80 Å². The zero-order valence-electron chi connectivity index (χ0n) is 28.2. The number of hydrogen-bond donors (Lipinski definition) is 2. The van der Waals surface area contributed by atoms with Gasteiger partial charge in [-0.1, -0.05) is 121 Å². The van der Waals surface area contributed by atoms with Crippen molar-refractivity contribution >= 4 is 11.8 Å². The lowest BCUT2D eigenvalue weighted by molar-refractivity contribution is -0.124. The van der Waals surface area contributed by atoms with E-state index in [0.29, 0.717) is 13.2 Å². The van der Waals surface area contributed by atoms with Crippen LogP contribution in [0.25, 0.3) is 0 Å². The summed E-state index contributed by atoms with van der Waals surface area (Å²) in [6.07, 6.45) is 1.73. The summed E-state index contributed by atoms with van der Waals surface area (Å²) in [5, 5.41) is 0. The molecule has 6 rings (SSSR count). The minimum Gasteiger partial charge on any atom is -0.369 e. The Morgan fingerprint density at radius 1 is 0.551 bits per heavy atom. The SMILES string of the molecule is NC(=O)C(c1ccccc1)(c1ccccc1)C1CCN(CCOCOCCN2CCC(C(C(N)=O)(c3ccccc3)c3ccccc3)C2)C1. The molecule has 2 heterocycles. The molecule has 0 aromatic heterocycles. The van der Waals surface area contributed by atoms with Gasteiger partial charge in [-0.25, -0.2) is 0 Å². The number of likely N-dealkylation sites (tertiary alicyclic amines) is 2. The highest BCUT2D eigenvalue weighted by molar-refractivity contribution is 5.92. The molecule has 2 unspecified atom stereocenters. The van der Waals surface area contributed by atoms with E-state index in [-0.39, 0.29) is 30.4 Å². The molecule has 4 aromatic rings. The Hall–Kier alpha value is -4.34. The van der Waals surface area contributed by atoms with Gasteiger partial charge in [0.25, 0.3) is 0 Å². The minimum absolute atomic E-state index is 0.0485. The van der Waals surface area contributed by atoms with Crippen LogP contribution in [0.5, 0.6) is 0 Å². The number of benzene rings is 4. The smallest absolute Gasteiger partial charge is 0.232 e. The maximum absolute atomic E-state index is 13.3. The second-order valence-electron chi connectivity index (χ2n) is 13.3. The molecule has 0 aliphatic carbocycles. The standard InChI is InChI=1S/C41H48N4O4/c42-38(46)40(32-13-5-1-6-14-32,33-15-7-2-8-16-33)36-21-23-44(29-36)25-27-48-31-49-28-26-45-24-22-37(30-45)41(39(43)47,34-17-9-3-10-18-34)35-19-11-4-12-20-35/h1-20,36-37H,21-31H2,(H2,42,46)(H2,43,47). The Kier molecular flexibility index (Phi) is 11.2. The summed E-state index contributed by atoms with van der Waals surface area (Å²) in [6, 6.07) is 39.8. The number of carbonyl (C=O) groups is 2. The number of hydrogen-bond acceptors (Lipinski definition) is 6. The summed E-state index contributed by atoms with van der Waals surface area (Å²) in [4.78, 5) is 31.4. The van der Waals surface area contributed by atoms with Crippen LogP contribution >= 0.6 is 0 Å². The van der Waals surface area contributed by atoms with Crippen LogP contribution in [-0.2, 0) is 29.9 Å². The molecular weight excluding hydrogens is 612 g/mol. The predicted molar refractivity (Wildman–Crippen MR) is 192 cm³/mol. The van der Waals surface area contributed by atoms with Crippen LogP contribution in [0.1, 0.15) is 35.1 Å². The van der Waals surface area contributed by atoms with Crippen LogP contribution in [-0.4, -0.2) is 80.9 Å². The average molecular weight is 661 g/mol. The molecular formula is C41H48N4O4. The number of rotatable bonds is 16. The molecule has 2 atom stereocenters. The van der Waals surface area contributed by atoms with Crippen LogP contribution in [0.4, 0.5) is 0 Å². The molecule has 2 saturated heterocycles. The second-order valence-corrected chi connectivity index (χ2v) is 13.3. The number of ether oxygens (including phenoxy) is 2. The zero-order valence-corrected chi connectivity index (χ0v) is 28.2. The highest BCUT2D eigenvalue weighted by atomic mass is 16.7. The molecule has 0 spiro atoms. The number of carbonyl (C=O) groups excluding carboxylic acids is 2. The molecule has 0 saturated carbocycles. The first-order valence-corrected chi connectivity index (χ1v) is 17.4. The minimum atomic E-state index is -0.894. The Balaban J connectivity index is 0.979. The zero-order chi connectivity index (χ0) is 34.1. The lowest BCUT2D eigenvalue weighted by Gasteiger charge is -2.37. The predicted octanol–water partition coefficient (Wildman–Crippen LogP) is 4.56. The summed E-state index contributed by atoms with van der Waals surface area (Å²) in [6.45, 7) is 6.05. The summed E-state index contributed by atoms with van der Waals surface area (Å²) < 4.78 is 11.8. The van der Waals surface area contributed by atoms with Crippen LogP contribution in [0.2, 0.25) is 0 Å². The lowest BCUT2D eigenvalue weighted by atomic mass is 9.64.